The molecule has 136 valence electrons. The Morgan fingerprint density at radius 2 is 1.96 bits per heavy atom. The first kappa shape index (κ1) is 17.8. The Morgan fingerprint density at radius 3 is 2.67 bits per heavy atom. The lowest BCUT2D eigenvalue weighted by atomic mass is 10.1. The molecule has 0 unspecified atom stereocenters. The number of nitrogens with zero attached hydrogens (tertiary/aromatic N) is 1. The summed E-state index contributed by atoms with van der Waals surface area (Å²) in [7, 11) is 0. The molecule has 1 aliphatic heterocycles. The van der Waals surface area contributed by atoms with Gasteiger partial charge in [0.2, 0.25) is 6.79 Å². The lowest BCUT2D eigenvalue weighted by molar-refractivity contribution is 0.174. The lowest BCUT2D eigenvalue weighted by Gasteiger charge is -2.12. The molecule has 2 heterocycles. The van der Waals surface area contributed by atoms with Crippen LogP contribution >= 0.6 is 27.5 Å². The molecule has 0 aliphatic carbocycles. The number of ether oxygens (including phenoxy) is 2. The summed E-state index contributed by atoms with van der Waals surface area (Å²) >= 11 is 9.61. The van der Waals surface area contributed by atoms with Gasteiger partial charge in [-0.2, -0.15) is 0 Å². The molecule has 2 aromatic carbocycles. The summed E-state index contributed by atoms with van der Waals surface area (Å²) < 4.78 is 25.7. The standard InChI is InChI=1S/C20H13BrClFN2O2/c1-11(20-15(22)3-2-4-16(20)23)25-19-6-5-12(9-24-19)13-7-17-18(8-14(13)21)27-10-26-17/h2-9H,1,10H2,(H,24,25). The molecule has 0 saturated carbocycles. The van der Waals surface area contributed by atoms with Crippen molar-refractivity contribution in [1.29, 1.82) is 0 Å². The maximum Gasteiger partial charge on any atom is 0.231 e. The van der Waals surface area contributed by atoms with E-state index in [9.17, 15) is 4.39 Å². The highest BCUT2D eigenvalue weighted by atomic mass is 79.9. The molecule has 0 fully saturated rings. The Hall–Kier alpha value is -2.57. The van der Waals surface area contributed by atoms with Gasteiger partial charge in [-0.25, -0.2) is 9.37 Å². The van der Waals surface area contributed by atoms with Crippen LogP contribution in [-0.4, -0.2) is 11.8 Å². The van der Waals surface area contributed by atoms with E-state index in [1.807, 2.05) is 18.2 Å². The van der Waals surface area contributed by atoms with Crippen molar-refractivity contribution in [3.63, 3.8) is 0 Å². The van der Waals surface area contributed by atoms with Crippen molar-refractivity contribution in [2.45, 2.75) is 0 Å². The van der Waals surface area contributed by atoms with Crippen LogP contribution in [-0.2, 0) is 0 Å². The van der Waals surface area contributed by atoms with Crippen molar-refractivity contribution in [3.05, 3.63) is 76.1 Å². The number of anilines is 1. The van der Waals surface area contributed by atoms with Crippen LogP contribution < -0.4 is 14.8 Å². The van der Waals surface area contributed by atoms with Gasteiger partial charge in [0.05, 0.1) is 10.6 Å². The SMILES string of the molecule is C=C(Nc1ccc(-c2cc3c(cc2Br)OCO3)cn1)c1c(F)cccc1Cl. The molecule has 1 aliphatic rings. The van der Waals surface area contributed by atoms with Crippen molar-refractivity contribution in [1.82, 2.24) is 4.98 Å². The normalized spacial score (nSPS) is 12.1. The fourth-order valence-corrected chi connectivity index (χ4v) is 3.60. The predicted molar refractivity (Wildman–Crippen MR) is 108 cm³/mol. The Kier molecular flexibility index (Phi) is 4.76. The number of benzene rings is 2. The monoisotopic (exact) mass is 446 g/mol. The molecule has 3 aromatic rings. The minimum absolute atomic E-state index is 0.215. The molecule has 0 atom stereocenters. The van der Waals surface area contributed by atoms with E-state index in [1.54, 1.807) is 24.4 Å². The average molecular weight is 448 g/mol. The molecular weight excluding hydrogens is 435 g/mol. The molecule has 7 heteroatoms. The van der Waals surface area contributed by atoms with E-state index in [0.717, 1.165) is 15.6 Å². The van der Waals surface area contributed by atoms with Gasteiger partial charge in [0.1, 0.15) is 11.6 Å². The molecule has 27 heavy (non-hydrogen) atoms. The number of fused-ring (bicyclic) bond motifs is 1. The van der Waals surface area contributed by atoms with Gasteiger partial charge < -0.3 is 14.8 Å². The van der Waals surface area contributed by atoms with Crippen LogP contribution in [0.3, 0.4) is 0 Å². The second-order valence-electron chi connectivity index (χ2n) is 5.82. The zero-order valence-corrected chi connectivity index (χ0v) is 16.3. The first-order valence-electron chi connectivity index (χ1n) is 7.99. The smallest absolute Gasteiger partial charge is 0.231 e. The van der Waals surface area contributed by atoms with Gasteiger partial charge in [-0.15, -0.1) is 0 Å². The molecule has 1 aromatic heterocycles. The van der Waals surface area contributed by atoms with E-state index in [2.05, 4.69) is 32.8 Å². The van der Waals surface area contributed by atoms with E-state index in [1.165, 1.54) is 6.07 Å². The van der Waals surface area contributed by atoms with Crippen LogP contribution in [0, 0.1) is 5.82 Å². The molecular formula is C20H13BrClFN2O2. The Morgan fingerprint density at radius 1 is 1.19 bits per heavy atom. The number of halogens is 3. The number of nitrogens with one attached hydrogen (secondary N) is 1. The Bertz CT molecular complexity index is 1020. The number of rotatable bonds is 4. The second kappa shape index (κ2) is 7.21. The molecule has 4 nitrogen and oxygen atoms in total. The first-order chi connectivity index (χ1) is 13.0. The highest BCUT2D eigenvalue weighted by molar-refractivity contribution is 9.10. The average Bonchev–Trinajstić information content (AvgIpc) is 3.09. The number of hydrogen-bond acceptors (Lipinski definition) is 4. The maximum absolute atomic E-state index is 14.0. The van der Waals surface area contributed by atoms with Gasteiger partial charge in [-0.3, -0.25) is 0 Å². The van der Waals surface area contributed by atoms with E-state index >= 15 is 0 Å². The van der Waals surface area contributed by atoms with Gasteiger partial charge in [-0.05, 0) is 36.4 Å². The van der Waals surface area contributed by atoms with E-state index in [4.69, 9.17) is 21.1 Å². The van der Waals surface area contributed by atoms with Crippen molar-refractivity contribution in [2.24, 2.45) is 0 Å². The summed E-state index contributed by atoms with van der Waals surface area (Å²) in [4.78, 5) is 4.38. The quantitative estimate of drug-likeness (QED) is 0.524. The zero-order chi connectivity index (χ0) is 19.0. The first-order valence-corrected chi connectivity index (χ1v) is 9.16. The van der Waals surface area contributed by atoms with Crippen LogP contribution in [0.1, 0.15) is 5.56 Å². The third-order valence-electron chi connectivity index (χ3n) is 4.08. The van der Waals surface area contributed by atoms with Gasteiger partial charge in [0.15, 0.2) is 11.5 Å². The summed E-state index contributed by atoms with van der Waals surface area (Å²) in [5.41, 5.74) is 2.38. The van der Waals surface area contributed by atoms with Gasteiger partial charge >= 0.3 is 0 Å². The molecule has 1 N–H and O–H groups in total. The third kappa shape index (κ3) is 3.50. The fraction of sp³-hybridized carbons (Fsp3) is 0.0500. The summed E-state index contributed by atoms with van der Waals surface area (Å²) in [5.74, 6) is 1.48. The van der Waals surface area contributed by atoms with Crippen LogP contribution in [0.25, 0.3) is 16.8 Å². The maximum atomic E-state index is 14.0. The number of pyridine rings is 1. The topological polar surface area (TPSA) is 43.4 Å². The second-order valence-corrected chi connectivity index (χ2v) is 7.08. The molecule has 0 saturated heterocycles. The minimum Gasteiger partial charge on any atom is -0.454 e. The molecule has 0 amide bonds. The van der Waals surface area contributed by atoms with E-state index in [0.29, 0.717) is 23.0 Å². The fourth-order valence-electron chi connectivity index (χ4n) is 2.77. The van der Waals surface area contributed by atoms with Crippen molar-refractivity contribution in [2.75, 3.05) is 12.1 Å². The lowest BCUT2D eigenvalue weighted by Crippen LogP contribution is -2.02. The van der Waals surface area contributed by atoms with Gasteiger partial charge in [0, 0.05) is 27.5 Å². The molecule has 4 rings (SSSR count). The number of hydrogen-bond donors (Lipinski definition) is 1. The highest BCUT2D eigenvalue weighted by Gasteiger charge is 2.17. The summed E-state index contributed by atoms with van der Waals surface area (Å²) in [6.07, 6.45) is 1.71. The van der Waals surface area contributed by atoms with Gasteiger partial charge in [-0.1, -0.05) is 40.2 Å². The molecule has 0 radical (unpaired) electrons. The largest absolute Gasteiger partial charge is 0.454 e. The van der Waals surface area contributed by atoms with Crippen molar-refractivity contribution < 1.29 is 13.9 Å². The van der Waals surface area contributed by atoms with Crippen LogP contribution in [0.4, 0.5) is 10.2 Å². The molecule has 0 bridgehead atoms. The summed E-state index contributed by atoms with van der Waals surface area (Å²) in [5, 5.41) is 3.27. The van der Waals surface area contributed by atoms with E-state index < -0.39 is 5.82 Å². The summed E-state index contributed by atoms with van der Waals surface area (Å²) in [6.45, 7) is 4.08. The predicted octanol–water partition coefficient (Wildman–Crippen LogP) is 6.12. The molecule has 0 spiro atoms. The van der Waals surface area contributed by atoms with Crippen LogP contribution in [0.2, 0.25) is 5.02 Å². The third-order valence-corrected chi connectivity index (χ3v) is 5.05. The Balaban J connectivity index is 1.57. The highest BCUT2D eigenvalue weighted by Crippen LogP contribution is 2.41. The summed E-state index contributed by atoms with van der Waals surface area (Å²) in [6, 6.07) is 11.9. The Labute approximate surface area is 168 Å². The minimum atomic E-state index is -0.444. The zero-order valence-electron chi connectivity index (χ0n) is 13.9. The van der Waals surface area contributed by atoms with Gasteiger partial charge in [0.25, 0.3) is 0 Å². The van der Waals surface area contributed by atoms with E-state index in [-0.39, 0.29) is 17.4 Å². The number of aromatic nitrogens is 1. The van der Waals surface area contributed by atoms with Crippen LogP contribution in [0.5, 0.6) is 11.5 Å². The van der Waals surface area contributed by atoms with Crippen LogP contribution in [0.15, 0.2) is 59.7 Å². The van der Waals surface area contributed by atoms with Crippen molar-refractivity contribution in [3.8, 4) is 22.6 Å². The van der Waals surface area contributed by atoms with Crippen molar-refractivity contribution >= 4 is 39.0 Å².